The van der Waals surface area contributed by atoms with Crippen molar-refractivity contribution in [3.8, 4) is 0 Å². The average molecular weight is 514 g/mol. The number of carbonyl (C=O) groups excluding carboxylic acids is 1. The summed E-state index contributed by atoms with van der Waals surface area (Å²) in [5.74, 6) is 1.81. The van der Waals surface area contributed by atoms with Gasteiger partial charge in [0.25, 0.3) is 5.91 Å². The maximum Gasteiger partial charge on any atom is 0.253 e. The van der Waals surface area contributed by atoms with Gasteiger partial charge in [0, 0.05) is 58.9 Å². The van der Waals surface area contributed by atoms with E-state index in [0.29, 0.717) is 12.1 Å². The SMILES string of the molecule is Cc1nc(C)c(Cc2ccc(Cl)cc2)c(N2CCCN(C(=O)c3cccc(Br)c3)CC2)n1. The van der Waals surface area contributed by atoms with Gasteiger partial charge < -0.3 is 9.80 Å². The lowest BCUT2D eigenvalue weighted by atomic mass is 10.0. The first kappa shape index (κ1) is 22.7. The fourth-order valence-electron chi connectivity index (χ4n) is 4.13. The van der Waals surface area contributed by atoms with Crippen LogP contribution in [0.15, 0.2) is 53.0 Å². The van der Waals surface area contributed by atoms with Crippen molar-refractivity contribution in [3.05, 3.63) is 86.2 Å². The summed E-state index contributed by atoms with van der Waals surface area (Å²) in [6.07, 6.45) is 1.64. The predicted octanol–water partition coefficient (Wildman–Crippen LogP) is 5.45. The van der Waals surface area contributed by atoms with Crippen molar-refractivity contribution in [2.75, 3.05) is 31.1 Å². The van der Waals surface area contributed by atoms with Crippen LogP contribution in [-0.4, -0.2) is 47.0 Å². The van der Waals surface area contributed by atoms with Crippen molar-refractivity contribution < 1.29 is 4.79 Å². The summed E-state index contributed by atoms with van der Waals surface area (Å²) in [5, 5.41) is 0.730. The van der Waals surface area contributed by atoms with Crippen LogP contribution in [0.25, 0.3) is 0 Å². The highest BCUT2D eigenvalue weighted by molar-refractivity contribution is 9.10. The molecule has 7 heteroatoms. The van der Waals surface area contributed by atoms with Crippen LogP contribution in [0.4, 0.5) is 5.82 Å². The van der Waals surface area contributed by atoms with E-state index < -0.39 is 0 Å². The molecule has 0 N–H and O–H groups in total. The zero-order valence-electron chi connectivity index (χ0n) is 18.3. The predicted molar refractivity (Wildman–Crippen MR) is 133 cm³/mol. The third kappa shape index (κ3) is 5.30. The maximum atomic E-state index is 13.0. The van der Waals surface area contributed by atoms with E-state index in [2.05, 4.69) is 25.8 Å². The summed E-state index contributed by atoms with van der Waals surface area (Å²) >= 11 is 9.52. The molecule has 0 radical (unpaired) electrons. The molecule has 32 heavy (non-hydrogen) atoms. The lowest BCUT2D eigenvalue weighted by molar-refractivity contribution is 0.0767. The summed E-state index contributed by atoms with van der Waals surface area (Å²) in [4.78, 5) is 26.8. The molecule has 0 aliphatic carbocycles. The molecule has 1 aliphatic rings. The molecule has 0 saturated carbocycles. The molecule has 1 aromatic heterocycles. The van der Waals surface area contributed by atoms with E-state index in [9.17, 15) is 4.79 Å². The van der Waals surface area contributed by atoms with Crippen molar-refractivity contribution in [1.82, 2.24) is 14.9 Å². The topological polar surface area (TPSA) is 49.3 Å². The fraction of sp³-hybridized carbons (Fsp3) is 0.320. The summed E-state index contributed by atoms with van der Waals surface area (Å²) < 4.78 is 0.915. The molecule has 0 atom stereocenters. The maximum absolute atomic E-state index is 13.0. The van der Waals surface area contributed by atoms with E-state index >= 15 is 0 Å². The van der Waals surface area contributed by atoms with Gasteiger partial charge in [-0.1, -0.05) is 45.7 Å². The smallest absolute Gasteiger partial charge is 0.253 e. The standard InChI is InChI=1S/C25H26BrClN4O/c1-17-23(15-19-7-9-22(27)10-8-19)24(29-18(2)28-17)30-11-4-12-31(14-13-30)25(32)20-5-3-6-21(26)16-20/h3,5-10,16H,4,11-15H2,1-2H3. The number of benzene rings is 2. The van der Waals surface area contributed by atoms with Gasteiger partial charge >= 0.3 is 0 Å². The zero-order chi connectivity index (χ0) is 22.7. The molecule has 5 nitrogen and oxygen atoms in total. The van der Waals surface area contributed by atoms with E-state index in [-0.39, 0.29) is 5.91 Å². The molecule has 1 aliphatic heterocycles. The highest BCUT2D eigenvalue weighted by atomic mass is 79.9. The number of nitrogens with zero attached hydrogens (tertiary/aromatic N) is 4. The number of amides is 1. The van der Waals surface area contributed by atoms with Crippen molar-refractivity contribution in [3.63, 3.8) is 0 Å². The molecular formula is C25H26BrClN4O. The van der Waals surface area contributed by atoms with Crippen LogP contribution in [0.5, 0.6) is 0 Å². The summed E-state index contributed by atoms with van der Waals surface area (Å²) in [5.41, 5.74) is 4.01. The lowest BCUT2D eigenvalue weighted by Crippen LogP contribution is -2.35. The quantitative estimate of drug-likeness (QED) is 0.465. The molecule has 4 rings (SSSR count). The van der Waals surface area contributed by atoms with Crippen LogP contribution < -0.4 is 4.90 Å². The molecule has 2 heterocycles. The average Bonchev–Trinajstić information content (AvgIpc) is 3.02. The first-order chi connectivity index (χ1) is 15.4. The van der Waals surface area contributed by atoms with E-state index in [1.165, 1.54) is 5.56 Å². The minimum absolute atomic E-state index is 0.0737. The second-order valence-corrected chi connectivity index (χ2v) is 9.46. The van der Waals surface area contributed by atoms with Gasteiger partial charge in [0.1, 0.15) is 11.6 Å². The zero-order valence-corrected chi connectivity index (χ0v) is 20.7. The van der Waals surface area contributed by atoms with Crippen molar-refractivity contribution >= 4 is 39.3 Å². The largest absolute Gasteiger partial charge is 0.354 e. The van der Waals surface area contributed by atoms with E-state index in [1.807, 2.05) is 67.3 Å². The minimum atomic E-state index is 0.0737. The first-order valence-electron chi connectivity index (χ1n) is 10.8. The van der Waals surface area contributed by atoms with Crippen LogP contribution in [-0.2, 0) is 6.42 Å². The number of aryl methyl sites for hydroxylation is 2. The van der Waals surface area contributed by atoms with Gasteiger partial charge in [-0.3, -0.25) is 4.79 Å². The van der Waals surface area contributed by atoms with Crippen LogP contribution in [0.2, 0.25) is 5.02 Å². The Morgan fingerprint density at radius 1 is 1.03 bits per heavy atom. The molecule has 166 valence electrons. The highest BCUT2D eigenvalue weighted by Gasteiger charge is 2.24. The molecule has 2 aromatic carbocycles. The van der Waals surface area contributed by atoms with Crippen LogP contribution in [0, 0.1) is 13.8 Å². The Morgan fingerprint density at radius 3 is 2.56 bits per heavy atom. The minimum Gasteiger partial charge on any atom is -0.354 e. The van der Waals surface area contributed by atoms with Gasteiger partial charge in [-0.25, -0.2) is 9.97 Å². The Kier molecular flexibility index (Phi) is 7.11. The number of halogens is 2. The third-order valence-electron chi connectivity index (χ3n) is 5.75. The molecule has 1 amide bonds. The molecule has 0 unspecified atom stereocenters. The molecule has 1 fully saturated rings. The molecule has 3 aromatic rings. The molecular weight excluding hydrogens is 488 g/mol. The highest BCUT2D eigenvalue weighted by Crippen LogP contribution is 2.26. The van der Waals surface area contributed by atoms with Crippen LogP contribution in [0.3, 0.4) is 0 Å². The Labute approximate surface area is 202 Å². The van der Waals surface area contributed by atoms with Gasteiger partial charge in [0.05, 0.1) is 0 Å². The summed E-state index contributed by atoms with van der Waals surface area (Å²) in [7, 11) is 0. The number of carbonyl (C=O) groups is 1. The van der Waals surface area contributed by atoms with Crippen molar-refractivity contribution in [1.29, 1.82) is 0 Å². The van der Waals surface area contributed by atoms with E-state index in [0.717, 1.165) is 64.9 Å². The van der Waals surface area contributed by atoms with Gasteiger partial charge in [0.15, 0.2) is 0 Å². The van der Waals surface area contributed by atoms with Gasteiger partial charge in [0.2, 0.25) is 0 Å². The third-order valence-corrected chi connectivity index (χ3v) is 6.50. The lowest BCUT2D eigenvalue weighted by Gasteiger charge is -2.26. The van der Waals surface area contributed by atoms with Gasteiger partial charge in [-0.15, -0.1) is 0 Å². The number of hydrogen-bond donors (Lipinski definition) is 0. The number of hydrogen-bond acceptors (Lipinski definition) is 4. The molecule has 0 bridgehead atoms. The molecule has 0 spiro atoms. The van der Waals surface area contributed by atoms with E-state index in [1.54, 1.807) is 0 Å². The van der Waals surface area contributed by atoms with Gasteiger partial charge in [-0.05, 0) is 56.2 Å². The monoisotopic (exact) mass is 512 g/mol. The Hall–Kier alpha value is -2.44. The molecule has 1 saturated heterocycles. The number of rotatable bonds is 4. The normalized spacial score (nSPS) is 14.4. The van der Waals surface area contributed by atoms with Gasteiger partial charge in [-0.2, -0.15) is 0 Å². The second kappa shape index (κ2) is 10.0. The van der Waals surface area contributed by atoms with Crippen molar-refractivity contribution in [2.24, 2.45) is 0 Å². The fourth-order valence-corrected chi connectivity index (χ4v) is 4.65. The van der Waals surface area contributed by atoms with Crippen molar-refractivity contribution in [2.45, 2.75) is 26.7 Å². The first-order valence-corrected chi connectivity index (χ1v) is 12.0. The summed E-state index contributed by atoms with van der Waals surface area (Å²) in [6.45, 7) is 6.97. The Morgan fingerprint density at radius 2 is 1.81 bits per heavy atom. The Bertz CT molecular complexity index is 1120. The summed E-state index contributed by atoms with van der Waals surface area (Å²) in [6, 6.07) is 15.5. The number of aromatic nitrogens is 2. The van der Waals surface area contributed by atoms with Crippen LogP contribution in [0.1, 0.15) is 39.4 Å². The Balaban J connectivity index is 1.56. The van der Waals surface area contributed by atoms with Crippen LogP contribution >= 0.6 is 27.5 Å². The van der Waals surface area contributed by atoms with E-state index in [4.69, 9.17) is 16.6 Å². The second-order valence-electron chi connectivity index (χ2n) is 8.10. The number of anilines is 1.